The fourth-order valence-electron chi connectivity index (χ4n) is 1.45. The van der Waals surface area contributed by atoms with Crippen molar-refractivity contribution in [2.24, 2.45) is 0 Å². The Balaban J connectivity index is 2.04. The van der Waals surface area contributed by atoms with E-state index in [9.17, 15) is 4.79 Å². The maximum atomic E-state index is 11.9. The molecule has 0 bridgehead atoms. The van der Waals surface area contributed by atoms with Crippen molar-refractivity contribution in [1.29, 1.82) is 0 Å². The molecular weight excluding hydrogens is 307 g/mol. The summed E-state index contributed by atoms with van der Waals surface area (Å²) in [6, 6.07) is 11.4. The molecule has 0 saturated heterocycles. The van der Waals surface area contributed by atoms with Crippen molar-refractivity contribution in [3.05, 3.63) is 63.1 Å². The van der Waals surface area contributed by atoms with Gasteiger partial charge in [0.2, 0.25) is 0 Å². The number of ether oxygens (including phenoxy) is 1. The topological polar surface area (TPSA) is 26.3 Å². The third kappa shape index (κ3) is 3.87. The highest BCUT2D eigenvalue weighted by Gasteiger charge is 2.09. The van der Waals surface area contributed by atoms with Gasteiger partial charge in [-0.2, -0.15) is 0 Å². The van der Waals surface area contributed by atoms with Crippen molar-refractivity contribution in [1.82, 2.24) is 0 Å². The molecule has 0 N–H and O–H groups in total. The van der Waals surface area contributed by atoms with Gasteiger partial charge in [0, 0.05) is 21.7 Å². The van der Waals surface area contributed by atoms with E-state index in [2.05, 4.69) is 0 Å². The van der Waals surface area contributed by atoms with Gasteiger partial charge in [-0.05, 0) is 36.4 Å². The first-order valence-corrected chi connectivity index (χ1v) is 6.56. The van der Waals surface area contributed by atoms with E-state index in [4.69, 9.17) is 39.5 Å². The molecule has 0 amide bonds. The van der Waals surface area contributed by atoms with Crippen LogP contribution in [0.2, 0.25) is 15.1 Å². The smallest absolute Gasteiger partial charge is 0.200 e. The molecule has 0 spiro atoms. The number of carbonyl (C=O) groups is 1. The zero-order valence-electron chi connectivity index (χ0n) is 9.70. The first kappa shape index (κ1) is 14.2. The van der Waals surface area contributed by atoms with E-state index in [1.54, 1.807) is 42.5 Å². The number of benzene rings is 2. The lowest BCUT2D eigenvalue weighted by molar-refractivity contribution is 0.0921. The third-order valence-electron chi connectivity index (χ3n) is 2.42. The molecule has 0 saturated carbocycles. The first-order valence-electron chi connectivity index (χ1n) is 5.43. The second kappa shape index (κ2) is 6.29. The van der Waals surface area contributed by atoms with Gasteiger partial charge in [-0.15, -0.1) is 0 Å². The lowest BCUT2D eigenvalue weighted by atomic mass is 10.1. The van der Waals surface area contributed by atoms with Gasteiger partial charge in [0.1, 0.15) is 5.75 Å². The molecule has 0 radical (unpaired) electrons. The minimum atomic E-state index is -0.160. The molecule has 0 atom stereocenters. The molecule has 0 aliphatic carbocycles. The van der Waals surface area contributed by atoms with Crippen LogP contribution in [0.4, 0.5) is 0 Å². The number of ketones is 1. The van der Waals surface area contributed by atoms with Crippen molar-refractivity contribution < 1.29 is 9.53 Å². The van der Waals surface area contributed by atoms with Crippen LogP contribution in [0.1, 0.15) is 10.4 Å². The maximum Gasteiger partial charge on any atom is 0.200 e. The van der Waals surface area contributed by atoms with Crippen molar-refractivity contribution in [2.45, 2.75) is 0 Å². The van der Waals surface area contributed by atoms with E-state index in [0.717, 1.165) is 0 Å². The Bertz CT molecular complexity index is 594. The Morgan fingerprint density at radius 2 is 1.58 bits per heavy atom. The van der Waals surface area contributed by atoms with Crippen molar-refractivity contribution >= 4 is 40.6 Å². The molecule has 5 heteroatoms. The molecule has 2 aromatic carbocycles. The standard InChI is InChI=1S/C14H9Cl3O2/c15-10-3-1-9(2-4-10)13(18)8-19-14-7-11(16)5-6-12(14)17/h1-7H,8H2. The van der Waals surface area contributed by atoms with E-state index in [1.807, 2.05) is 0 Å². The van der Waals surface area contributed by atoms with Crippen molar-refractivity contribution in [3.63, 3.8) is 0 Å². The SMILES string of the molecule is O=C(COc1cc(Cl)ccc1Cl)c1ccc(Cl)cc1. The molecular formula is C14H9Cl3O2. The van der Waals surface area contributed by atoms with Gasteiger partial charge >= 0.3 is 0 Å². The van der Waals surface area contributed by atoms with Gasteiger partial charge in [-0.25, -0.2) is 0 Å². The Hall–Kier alpha value is -1.22. The van der Waals surface area contributed by atoms with Crippen LogP contribution in [0, 0.1) is 0 Å². The summed E-state index contributed by atoms with van der Waals surface area (Å²) in [5.41, 5.74) is 0.530. The van der Waals surface area contributed by atoms with E-state index in [1.165, 1.54) is 0 Å². The Morgan fingerprint density at radius 1 is 0.947 bits per heavy atom. The summed E-state index contributed by atoms with van der Waals surface area (Å²) in [5, 5.41) is 1.49. The lowest BCUT2D eigenvalue weighted by Gasteiger charge is -2.07. The monoisotopic (exact) mass is 314 g/mol. The van der Waals surface area contributed by atoms with E-state index in [0.29, 0.717) is 26.4 Å². The normalized spacial score (nSPS) is 10.3. The largest absolute Gasteiger partial charge is 0.484 e. The van der Waals surface area contributed by atoms with Gasteiger partial charge in [-0.1, -0.05) is 34.8 Å². The molecule has 2 rings (SSSR count). The molecule has 0 fully saturated rings. The van der Waals surface area contributed by atoms with Crippen LogP contribution in [-0.2, 0) is 0 Å². The van der Waals surface area contributed by atoms with Crippen LogP contribution in [0.15, 0.2) is 42.5 Å². The average molecular weight is 316 g/mol. The van der Waals surface area contributed by atoms with E-state index < -0.39 is 0 Å². The lowest BCUT2D eigenvalue weighted by Crippen LogP contribution is -2.11. The van der Waals surface area contributed by atoms with Crippen molar-refractivity contribution in [2.75, 3.05) is 6.61 Å². The summed E-state index contributed by atoms with van der Waals surface area (Å²) in [6.45, 7) is -0.109. The highest BCUT2D eigenvalue weighted by molar-refractivity contribution is 6.34. The summed E-state index contributed by atoms with van der Waals surface area (Å²) in [5.74, 6) is 0.226. The quantitative estimate of drug-likeness (QED) is 0.749. The highest BCUT2D eigenvalue weighted by atomic mass is 35.5. The number of hydrogen-bond acceptors (Lipinski definition) is 2. The van der Waals surface area contributed by atoms with Crippen LogP contribution < -0.4 is 4.74 Å². The average Bonchev–Trinajstić information content (AvgIpc) is 2.40. The van der Waals surface area contributed by atoms with Crippen LogP contribution in [-0.4, -0.2) is 12.4 Å². The van der Waals surface area contributed by atoms with Crippen LogP contribution >= 0.6 is 34.8 Å². The Labute approximate surface area is 125 Å². The minimum absolute atomic E-state index is 0.109. The van der Waals surface area contributed by atoms with E-state index in [-0.39, 0.29) is 12.4 Å². The number of rotatable bonds is 4. The van der Waals surface area contributed by atoms with Gasteiger partial charge < -0.3 is 4.74 Å². The summed E-state index contributed by atoms with van der Waals surface area (Å²) in [7, 11) is 0. The molecule has 0 heterocycles. The fraction of sp³-hybridized carbons (Fsp3) is 0.0714. The second-order valence-corrected chi connectivity index (χ2v) is 5.07. The summed E-state index contributed by atoms with van der Waals surface area (Å²) in [6.07, 6.45) is 0. The van der Waals surface area contributed by atoms with Gasteiger partial charge in [0.05, 0.1) is 5.02 Å². The van der Waals surface area contributed by atoms with Crippen LogP contribution in [0.25, 0.3) is 0 Å². The second-order valence-electron chi connectivity index (χ2n) is 3.79. The third-order valence-corrected chi connectivity index (χ3v) is 3.22. The zero-order valence-corrected chi connectivity index (χ0v) is 12.0. The summed E-state index contributed by atoms with van der Waals surface area (Å²) >= 11 is 17.5. The Morgan fingerprint density at radius 3 is 2.26 bits per heavy atom. The summed E-state index contributed by atoms with van der Waals surface area (Å²) < 4.78 is 5.37. The molecule has 0 unspecified atom stereocenters. The van der Waals surface area contributed by atoms with E-state index >= 15 is 0 Å². The molecule has 2 nitrogen and oxygen atoms in total. The minimum Gasteiger partial charge on any atom is -0.484 e. The fourth-order valence-corrected chi connectivity index (χ4v) is 1.91. The molecule has 98 valence electrons. The number of Topliss-reactive ketones (excluding diaryl/α,β-unsaturated/α-hetero) is 1. The van der Waals surface area contributed by atoms with Gasteiger partial charge in [-0.3, -0.25) is 4.79 Å². The highest BCUT2D eigenvalue weighted by Crippen LogP contribution is 2.27. The Kier molecular flexibility index (Phi) is 4.70. The van der Waals surface area contributed by atoms with Crippen molar-refractivity contribution in [3.8, 4) is 5.75 Å². The van der Waals surface area contributed by atoms with Crippen LogP contribution in [0.5, 0.6) is 5.75 Å². The summed E-state index contributed by atoms with van der Waals surface area (Å²) in [4.78, 5) is 11.9. The maximum absolute atomic E-state index is 11.9. The number of halogens is 3. The van der Waals surface area contributed by atoms with Gasteiger partial charge in [0.25, 0.3) is 0 Å². The number of hydrogen-bond donors (Lipinski definition) is 0. The zero-order chi connectivity index (χ0) is 13.8. The van der Waals surface area contributed by atoms with Crippen LogP contribution in [0.3, 0.4) is 0 Å². The molecule has 0 aliphatic heterocycles. The van der Waals surface area contributed by atoms with Gasteiger partial charge in [0.15, 0.2) is 12.4 Å². The molecule has 2 aromatic rings. The molecule has 19 heavy (non-hydrogen) atoms. The predicted octanol–water partition coefficient (Wildman–Crippen LogP) is 4.91. The predicted molar refractivity (Wildman–Crippen MR) is 77.7 cm³/mol. The molecule has 0 aliphatic rings. The first-order chi connectivity index (χ1) is 9.06. The number of carbonyl (C=O) groups excluding carboxylic acids is 1. The molecule has 0 aromatic heterocycles.